The number of carbonyl (C=O) groups is 2. The summed E-state index contributed by atoms with van der Waals surface area (Å²) in [5, 5.41) is 5.25. The second-order valence-electron chi connectivity index (χ2n) is 5.83. The number of hydrogen-bond donors (Lipinski definition) is 1. The summed E-state index contributed by atoms with van der Waals surface area (Å²) in [7, 11) is 0. The maximum absolute atomic E-state index is 12.6. The normalized spacial score (nSPS) is 15.6. The van der Waals surface area contributed by atoms with Gasteiger partial charge in [0, 0.05) is 22.8 Å². The van der Waals surface area contributed by atoms with E-state index < -0.39 is 0 Å². The Morgan fingerprint density at radius 1 is 1.44 bits per heavy atom. The molecule has 0 atom stereocenters. The van der Waals surface area contributed by atoms with E-state index in [1.54, 1.807) is 4.90 Å². The molecule has 2 heterocycles. The summed E-state index contributed by atoms with van der Waals surface area (Å²) >= 11 is 11.4. The van der Waals surface area contributed by atoms with Gasteiger partial charge in [0.05, 0.1) is 10.6 Å². The number of amides is 2. The third-order valence-electron chi connectivity index (χ3n) is 3.67. The molecule has 0 saturated carbocycles. The first-order chi connectivity index (χ1) is 12.9. The molecule has 2 amide bonds. The number of thiazole rings is 1. The van der Waals surface area contributed by atoms with E-state index >= 15 is 0 Å². The largest absolute Gasteiger partial charge is 0.302 e. The van der Waals surface area contributed by atoms with Crippen molar-refractivity contribution in [2.24, 2.45) is 0 Å². The molecule has 1 fully saturated rings. The first kappa shape index (κ1) is 20.2. The highest BCUT2D eigenvalue weighted by Gasteiger charge is 2.31. The lowest BCUT2D eigenvalue weighted by molar-refractivity contribution is -0.122. The number of anilines is 1. The van der Waals surface area contributed by atoms with Crippen LogP contribution in [0.15, 0.2) is 39.0 Å². The molecule has 9 heteroatoms. The third kappa shape index (κ3) is 5.47. The monoisotopic (exact) mass is 481 g/mol. The van der Waals surface area contributed by atoms with E-state index in [0.29, 0.717) is 33.7 Å². The molecule has 0 spiro atoms. The number of thiocarbonyl (C=S) groups is 1. The zero-order chi connectivity index (χ0) is 19.4. The van der Waals surface area contributed by atoms with E-state index in [1.807, 2.05) is 42.6 Å². The van der Waals surface area contributed by atoms with Crippen LogP contribution in [0, 0.1) is 6.92 Å². The summed E-state index contributed by atoms with van der Waals surface area (Å²) in [4.78, 5) is 31.0. The van der Waals surface area contributed by atoms with Crippen LogP contribution < -0.4 is 5.32 Å². The summed E-state index contributed by atoms with van der Waals surface area (Å²) in [6.07, 6.45) is 2.68. The van der Waals surface area contributed by atoms with E-state index in [0.717, 1.165) is 15.7 Å². The van der Waals surface area contributed by atoms with E-state index in [4.69, 9.17) is 12.2 Å². The lowest BCUT2D eigenvalue weighted by atomic mass is 10.2. The number of carbonyl (C=O) groups excluding carboxylic acids is 2. The first-order valence-corrected chi connectivity index (χ1v) is 11.0. The van der Waals surface area contributed by atoms with Gasteiger partial charge in [0.2, 0.25) is 5.91 Å². The minimum Gasteiger partial charge on any atom is -0.302 e. The predicted molar refractivity (Wildman–Crippen MR) is 119 cm³/mol. The fourth-order valence-corrected chi connectivity index (χ4v) is 4.86. The van der Waals surface area contributed by atoms with Crippen molar-refractivity contribution < 1.29 is 9.59 Å². The number of benzene rings is 1. The van der Waals surface area contributed by atoms with E-state index in [2.05, 4.69) is 26.2 Å². The average Bonchev–Trinajstić information content (AvgIpc) is 3.12. The highest BCUT2D eigenvalue weighted by molar-refractivity contribution is 9.10. The molecule has 0 bridgehead atoms. The molecule has 2 aromatic rings. The van der Waals surface area contributed by atoms with Crippen LogP contribution in [0.25, 0.3) is 6.08 Å². The summed E-state index contributed by atoms with van der Waals surface area (Å²) in [5.41, 5.74) is 1.81. The van der Waals surface area contributed by atoms with Gasteiger partial charge in [-0.15, -0.1) is 11.3 Å². The topological polar surface area (TPSA) is 62.3 Å². The van der Waals surface area contributed by atoms with Crippen molar-refractivity contribution in [1.82, 2.24) is 9.88 Å². The quantitative estimate of drug-likeness (QED) is 0.472. The van der Waals surface area contributed by atoms with Crippen LogP contribution in [0.2, 0.25) is 0 Å². The zero-order valence-electron chi connectivity index (χ0n) is 14.4. The molecule has 140 valence electrons. The highest BCUT2D eigenvalue weighted by Crippen LogP contribution is 2.33. The second kappa shape index (κ2) is 9.09. The molecule has 0 unspecified atom stereocenters. The number of nitrogens with zero attached hydrogens (tertiary/aromatic N) is 2. The van der Waals surface area contributed by atoms with Gasteiger partial charge in [-0.25, -0.2) is 4.98 Å². The van der Waals surface area contributed by atoms with Crippen molar-refractivity contribution in [3.8, 4) is 0 Å². The van der Waals surface area contributed by atoms with Gasteiger partial charge < -0.3 is 5.32 Å². The Hall–Kier alpha value is -1.55. The Kier molecular flexibility index (Phi) is 6.80. The molecule has 0 radical (unpaired) electrons. The summed E-state index contributed by atoms with van der Waals surface area (Å²) in [6.45, 7) is 2.30. The number of rotatable bonds is 6. The molecule has 5 nitrogen and oxygen atoms in total. The van der Waals surface area contributed by atoms with Crippen molar-refractivity contribution >= 4 is 78.6 Å². The summed E-state index contributed by atoms with van der Waals surface area (Å²) in [6, 6.07) is 7.72. The van der Waals surface area contributed by atoms with Gasteiger partial charge in [0.25, 0.3) is 5.91 Å². The predicted octanol–water partition coefficient (Wildman–Crippen LogP) is 4.83. The average molecular weight is 482 g/mol. The Labute approximate surface area is 179 Å². The van der Waals surface area contributed by atoms with Crippen molar-refractivity contribution in [3.05, 3.63) is 50.3 Å². The number of hydrogen-bond acceptors (Lipinski definition) is 6. The van der Waals surface area contributed by atoms with Crippen LogP contribution in [0.4, 0.5) is 5.13 Å². The molecule has 1 aromatic heterocycles. The van der Waals surface area contributed by atoms with E-state index in [1.165, 1.54) is 23.1 Å². The van der Waals surface area contributed by atoms with E-state index in [-0.39, 0.29) is 11.8 Å². The fraction of sp³-hybridized carbons (Fsp3) is 0.222. The summed E-state index contributed by atoms with van der Waals surface area (Å²) < 4.78 is 1.48. The molecule has 1 aliphatic heterocycles. The van der Waals surface area contributed by atoms with Crippen LogP contribution in [0.5, 0.6) is 0 Å². The SMILES string of the molecule is Cc1csc(NC(=O)CCCN2C(=O)/C(=C/c3cccc(Br)c3)SC2=S)n1. The van der Waals surface area contributed by atoms with Crippen molar-refractivity contribution in [1.29, 1.82) is 0 Å². The minimum absolute atomic E-state index is 0.110. The molecular weight excluding hydrogens is 466 g/mol. The number of halogens is 1. The Morgan fingerprint density at radius 3 is 2.96 bits per heavy atom. The molecule has 1 aliphatic rings. The lowest BCUT2D eigenvalue weighted by Crippen LogP contribution is -2.29. The molecule has 27 heavy (non-hydrogen) atoms. The standard InChI is InChI=1S/C18H16BrN3O2S3/c1-11-10-26-17(20-11)21-15(23)6-3-7-22-16(24)14(27-18(22)25)9-12-4-2-5-13(19)8-12/h2,4-5,8-10H,3,6-7H2,1H3,(H,20,21,23)/b14-9-. The molecule has 3 rings (SSSR count). The Bertz CT molecular complexity index is 926. The minimum atomic E-state index is -0.112. The van der Waals surface area contributed by atoms with Gasteiger partial charge in [-0.1, -0.05) is 52.0 Å². The van der Waals surface area contributed by atoms with Crippen LogP contribution in [-0.4, -0.2) is 32.6 Å². The second-order valence-corrected chi connectivity index (χ2v) is 9.28. The van der Waals surface area contributed by atoms with Gasteiger partial charge in [-0.05, 0) is 37.1 Å². The van der Waals surface area contributed by atoms with Gasteiger partial charge >= 0.3 is 0 Å². The van der Waals surface area contributed by atoms with Crippen LogP contribution >= 0.6 is 51.2 Å². The third-order valence-corrected chi connectivity index (χ3v) is 6.42. The molecular formula is C18H16BrN3O2S3. The van der Waals surface area contributed by atoms with Gasteiger partial charge in [-0.2, -0.15) is 0 Å². The zero-order valence-corrected chi connectivity index (χ0v) is 18.4. The molecule has 1 aromatic carbocycles. The van der Waals surface area contributed by atoms with Crippen LogP contribution in [-0.2, 0) is 9.59 Å². The van der Waals surface area contributed by atoms with Crippen LogP contribution in [0.1, 0.15) is 24.1 Å². The maximum atomic E-state index is 12.6. The Morgan fingerprint density at radius 2 is 2.26 bits per heavy atom. The molecule has 1 saturated heterocycles. The first-order valence-electron chi connectivity index (χ1n) is 8.15. The van der Waals surface area contributed by atoms with Gasteiger partial charge in [0.15, 0.2) is 5.13 Å². The maximum Gasteiger partial charge on any atom is 0.266 e. The summed E-state index contributed by atoms with van der Waals surface area (Å²) in [5.74, 6) is -0.222. The van der Waals surface area contributed by atoms with E-state index in [9.17, 15) is 9.59 Å². The van der Waals surface area contributed by atoms with Crippen LogP contribution in [0.3, 0.4) is 0 Å². The molecule has 0 aliphatic carbocycles. The van der Waals surface area contributed by atoms with Crippen molar-refractivity contribution in [2.45, 2.75) is 19.8 Å². The number of aromatic nitrogens is 1. The highest BCUT2D eigenvalue weighted by atomic mass is 79.9. The van der Waals surface area contributed by atoms with Crippen molar-refractivity contribution in [3.63, 3.8) is 0 Å². The Balaban J connectivity index is 1.54. The lowest BCUT2D eigenvalue weighted by Gasteiger charge is -2.13. The molecule has 1 N–H and O–H groups in total. The van der Waals surface area contributed by atoms with Crippen molar-refractivity contribution in [2.75, 3.05) is 11.9 Å². The number of aryl methyl sites for hydroxylation is 1. The van der Waals surface area contributed by atoms with Gasteiger partial charge in [0.1, 0.15) is 4.32 Å². The fourth-order valence-electron chi connectivity index (χ4n) is 2.43. The smallest absolute Gasteiger partial charge is 0.266 e. The van der Waals surface area contributed by atoms with Gasteiger partial charge in [-0.3, -0.25) is 14.5 Å². The number of nitrogens with one attached hydrogen (secondary N) is 1. The number of thioether (sulfide) groups is 1.